The summed E-state index contributed by atoms with van der Waals surface area (Å²) in [7, 11) is 0.276. The van der Waals surface area contributed by atoms with Gasteiger partial charge in [0.05, 0.1) is 11.5 Å². The summed E-state index contributed by atoms with van der Waals surface area (Å²) >= 11 is 0. The van der Waals surface area contributed by atoms with E-state index in [1.807, 2.05) is 43.3 Å². The van der Waals surface area contributed by atoms with Crippen molar-refractivity contribution in [3.05, 3.63) is 36.4 Å². The van der Waals surface area contributed by atoms with Crippen LogP contribution in [0.2, 0.25) is 0 Å². The highest BCUT2D eigenvalue weighted by atomic mass is 32.2. The summed E-state index contributed by atoms with van der Waals surface area (Å²) in [5.74, 6) is 0. The smallest absolute Gasteiger partial charge is 0.241 e. The lowest BCUT2D eigenvalue weighted by Crippen LogP contribution is -2.33. The average molecular weight is 337 g/mol. The summed E-state index contributed by atoms with van der Waals surface area (Å²) in [6.07, 6.45) is 0. The Hall–Kier alpha value is -1.67. The van der Waals surface area contributed by atoms with Crippen molar-refractivity contribution in [2.24, 2.45) is 0 Å². The van der Waals surface area contributed by atoms with Crippen LogP contribution in [0.4, 0.5) is 5.69 Å². The average Bonchev–Trinajstić information content (AvgIpc) is 2.53. The van der Waals surface area contributed by atoms with Crippen LogP contribution in [0.15, 0.2) is 41.3 Å². The number of nitrogens with zero attached hydrogens (tertiary/aromatic N) is 1. The van der Waals surface area contributed by atoms with Gasteiger partial charge in [0.25, 0.3) is 0 Å². The molecule has 0 saturated heterocycles. The molecule has 6 nitrogen and oxygen atoms in total. The van der Waals surface area contributed by atoms with Gasteiger partial charge >= 0.3 is 0 Å². The van der Waals surface area contributed by atoms with Crippen LogP contribution in [0.5, 0.6) is 0 Å². The lowest BCUT2D eigenvalue weighted by atomic mass is 10.1. The molecule has 0 aromatic heterocycles. The van der Waals surface area contributed by atoms with Gasteiger partial charge in [-0.1, -0.05) is 24.3 Å². The molecule has 0 amide bonds. The van der Waals surface area contributed by atoms with Gasteiger partial charge in [0.15, 0.2) is 0 Å². The van der Waals surface area contributed by atoms with Crippen molar-refractivity contribution in [2.45, 2.75) is 4.90 Å². The van der Waals surface area contributed by atoms with Crippen molar-refractivity contribution in [1.82, 2.24) is 10.0 Å². The van der Waals surface area contributed by atoms with Gasteiger partial charge in [-0.25, -0.2) is 13.1 Å². The Morgan fingerprint density at radius 1 is 1.00 bits per heavy atom. The fourth-order valence-electron chi connectivity index (χ4n) is 2.44. The molecule has 0 unspecified atom stereocenters. The molecule has 0 aliphatic heterocycles. The van der Waals surface area contributed by atoms with Crippen molar-refractivity contribution >= 4 is 26.5 Å². The first-order chi connectivity index (χ1) is 11.0. The third kappa shape index (κ3) is 4.20. The molecular formula is C16H23N3O3S. The first-order valence-corrected chi connectivity index (χ1v) is 8.96. The molecule has 2 rings (SSSR count). The number of sulfonamides is 1. The molecule has 23 heavy (non-hydrogen) atoms. The molecule has 0 saturated carbocycles. The number of nitrogens with one attached hydrogen (secondary N) is 2. The highest BCUT2D eigenvalue weighted by Gasteiger charge is 2.17. The first-order valence-electron chi connectivity index (χ1n) is 7.47. The minimum Gasteiger partial charge on any atom is -0.395 e. The molecule has 3 N–H and O–H groups in total. The van der Waals surface area contributed by atoms with E-state index in [1.165, 1.54) is 0 Å². The highest BCUT2D eigenvalue weighted by Crippen LogP contribution is 2.29. The fraction of sp³-hybridized carbons (Fsp3) is 0.375. The number of hydrogen-bond acceptors (Lipinski definition) is 5. The lowest BCUT2D eigenvalue weighted by molar-refractivity contribution is 0.293. The van der Waals surface area contributed by atoms with Gasteiger partial charge in [-0.3, -0.25) is 0 Å². The molecule has 0 atom stereocenters. The second kappa shape index (κ2) is 7.74. The summed E-state index contributed by atoms with van der Waals surface area (Å²) in [6, 6.07) is 10.9. The van der Waals surface area contributed by atoms with E-state index in [0.29, 0.717) is 18.5 Å². The molecular weight excluding hydrogens is 314 g/mol. The Kier molecular flexibility index (Phi) is 5.95. The van der Waals surface area contributed by atoms with Crippen LogP contribution in [-0.4, -0.2) is 53.9 Å². The molecule has 2 aromatic rings. The zero-order chi connectivity index (χ0) is 16.9. The van der Waals surface area contributed by atoms with Gasteiger partial charge in [-0.05, 0) is 12.1 Å². The number of fused-ring (bicyclic) bond motifs is 1. The monoisotopic (exact) mass is 337 g/mol. The lowest BCUT2D eigenvalue weighted by Gasteiger charge is -2.17. The van der Waals surface area contributed by atoms with E-state index in [0.717, 1.165) is 11.1 Å². The number of hydrogen-bond donors (Lipinski definition) is 3. The number of anilines is 1. The molecule has 126 valence electrons. The van der Waals surface area contributed by atoms with Crippen LogP contribution in [0.25, 0.3) is 10.8 Å². The second-order valence-electron chi connectivity index (χ2n) is 5.39. The van der Waals surface area contributed by atoms with E-state index >= 15 is 0 Å². The van der Waals surface area contributed by atoms with E-state index in [2.05, 4.69) is 10.0 Å². The van der Waals surface area contributed by atoms with Crippen molar-refractivity contribution < 1.29 is 13.5 Å². The Morgan fingerprint density at radius 3 is 2.39 bits per heavy atom. The number of aliphatic hydroxyl groups is 1. The van der Waals surface area contributed by atoms with Crippen LogP contribution in [0, 0.1) is 0 Å². The summed E-state index contributed by atoms with van der Waals surface area (Å²) < 4.78 is 27.7. The molecule has 0 fully saturated rings. The van der Waals surface area contributed by atoms with E-state index in [1.54, 1.807) is 12.1 Å². The van der Waals surface area contributed by atoms with Gasteiger partial charge in [0.2, 0.25) is 10.0 Å². The van der Waals surface area contributed by atoms with Gasteiger partial charge in [0.1, 0.15) is 0 Å². The molecule has 0 spiro atoms. The number of rotatable bonds is 8. The zero-order valence-electron chi connectivity index (χ0n) is 13.4. The summed E-state index contributed by atoms with van der Waals surface area (Å²) in [5.41, 5.74) is 0.976. The van der Waals surface area contributed by atoms with Crippen molar-refractivity contribution in [3.8, 4) is 0 Å². The summed E-state index contributed by atoms with van der Waals surface area (Å²) in [5, 5.41) is 13.2. The van der Waals surface area contributed by atoms with E-state index in [-0.39, 0.29) is 18.0 Å². The standard InChI is InChI=1S/C16H23N3O3S/c1-19(2)15-7-3-6-14-13(15)5-4-8-16(14)23(21,22)18-10-9-17-11-12-20/h3-8,17-18,20H,9-12H2,1-2H3. The number of benzene rings is 2. The predicted molar refractivity (Wildman–Crippen MR) is 93.4 cm³/mol. The highest BCUT2D eigenvalue weighted by molar-refractivity contribution is 7.89. The molecule has 0 aliphatic carbocycles. The van der Waals surface area contributed by atoms with E-state index in [4.69, 9.17) is 5.11 Å². The Labute approximate surface area is 137 Å². The Morgan fingerprint density at radius 2 is 1.70 bits per heavy atom. The second-order valence-corrected chi connectivity index (χ2v) is 7.13. The maximum absolute atomic E-state index is 12.6. The van der Waals surface area contributed by atoms with Crippen LogP contribution in [-0.2, 0) is 10.0 Å². The van der Waals surface area contributed by atoms with E-state index < -0.39 is 10.0 Å². The summed E-state index contributed by atoms with van der Waals surface area (Å²) in [4.78, 5) is 2.24. The Balaban J connectivity index is 2.30. The van der Waals surface area contributed by atoms with Gasteiger partial charge < -0.3 is 15.3 Å². The molecule has 0 bridgehead atoms. The fourth-order valence-corrected chi connectivity index (χ4v) is 3.70. The predicted octanol–water partition coefficient (Wildman–Crippen LogP) is 0.766. The van der Waals surface area contributed by atoms with Crippen molar-refractivity contribution in [3.63, 3.8) is 0 Å². The van der Waals surface area contributed by atoms with Crippen LogP contribution >= 0.6 is 0 Å². The van der Waals surface area contributed by atoms with Crippen LogP contribution < -0.4 is 14.9 Å². The minimum atomic E-state index is -3.59. The molecule has 7 heteroatoms. The normalized spacial score (nSPS) is 11.8. The largest absolute Gasteiger partial charge is 0.395 e. The molecule has 0 heterocycles. The SMILES string of the molecule is CN(C)c1cccc2c(S(=O)(=O)NCCNCCO)cccc12. The zero-order valence-corrected chi connectivity index (χ0v) is 14.2. The van der Waals surface area contributed by atoms with Gasteiger partial charge in [-0.2, -0.15) is 0 Å². The maximum Gasteiger partial charge on any atom is 0.241 e. The third-order valence-corrected chi connectivity index (χ3v) is 5.03. The van der Waals surface area contributed by atoms with E-state index in [9.17, 15) is 8.42 Å². The molecule has 0 aliphatic rings. The third-order valence-electron chi connectivity index (χ3n) is 3.51. The topological polar surface area (TPSA) is 81.7 Å². The molecule has 0 radical (unpaired) electrons. The first kappa shape index (κ1) is 17.7. The van der Waals surface area contributed by atoms with Crippen LogP contribution in [0.1, 0.15) is 0 Å². The quantitative estimate of drug-likeness (QED) is 0.620. The van der Waals surface area contributed by atoms with Gasteiger partial charge in [0, 0.05) is 50.2 Å². The number of aliphatic hydroxyl groups excluding tert-OH is 1. The maximum atomic E-state index is 12.6. The summed E-state index contributed by atoms with van der Waals surface area (Å²) in [6.45, 7) is 1.21. The molecule has 2 aromatic carbocycles. The Bertz CT molecular complexity index is 760. The van der Waals surface area contributed by atoms with Crippen molar-refractivity contribution in [1.29, 1.82) is 0 Å². The van der Waals surface area contributed by atoms with Crippen LogP contribution in [0.3, 0.4) is 0 Å². The van der Waals surface area contributed by atoms with Gasteiger partial charge in [-0.15, -0.1) is 0 Å². The van der Waals surface area contributed by atoms with Crippen molar-refractivity contribution in [2.75, 3.05) is 45.2 Å². The minimum absolute atomic E-state index is 0.0311.